The van der Waals surface area contributed by atoms with Gasteiger partial charge < -0.3 is 21.4 Å². The summed E-state index contributed by atoms with van der Waals surface area (Å²) in [6.45, 7) is 0.146. The molecular weight excluding hydrogens is 430 g/mol. The second-order valence-corrected chi connectivity index (χ2v) is 7.37. The van der Waals surface area contributed by atoms with Gasteiger partial charge in [0.2, 0.25) is 5.91 Å². The van der Waals surface area contributed by atoms with Crippen LogP contribution in [0, 0.1) is 0 Å². The van der Waals surface area contributed by atoms with Gasteiger partial charge in [0, 0.05) is 64.6 Å². The van der Waals surface area contributed by atoms with Gasteiger partial charge in [0.05, 0.1) is 11.9 Å². The van der Waals surface area contributed by atoms with Gasteiger partial charge in [-0.2, -0.15) is 0 Å². The van der Waals surface area contributed by atoms with Gasteiger partial charge in [-0.05, 0) is 12.1 Å². The number of aromatic nitrogens is 4. The number of hydrogen-bond donors (Lipinski definition) is 3. The number of hydrogen-bond acceptors (Lipinski definition) is 6. The van der Waals surface area contributed by atoms with E-state index in [0.29, 0.717) is 11.4 Å². The number of primary amides is 1. The first kappa shape index (κ1) is 23.1. The number of anilines is 3. The molecule has 33 heavy (non-hydrogen) atoms. The van der Waals surface area contributed by atoms with Crippen molar-refractivity contribution in [3.05, 3.63) is 48.9 Å². The molecule has 3 rings (SSSR count). The van der Waals surface area contributed by atoms with Crippen LogP contribution < -0.4 is 21.3 Å². The third-order valence-electron chi connectivity index (χ3n) is 4.96. The van der Waals surface area contributed by atoms with Gasteiger partial charge in [-0.25, -0.2) is 14.6 Å². The van der Waals surface area contributed by atoms with Gasteiger partial charge in [-0.1, -0.05) is 0 Å². The van der Waals surface area contributed by atoms with Crippen molar-refractivity contribution >= 4 is 41.1 Å². The number of carbonyl (C=O) groups is 4. The molecule has 0 atom stereocenters. The van der Waals surface area contributed by atoms with Crippen LogP contribution in [0.3, 0.4) is 0 Å². The van der Waals surface area contributed by atoms with E-state index in [-0.39, 0.29) is 30.6 Å². The molecule has 0 bridgehead atoms. The molecule has 0 aliphatic rings. The van der Waals surface area contributed by atoms with Crippen molar-refractivity contribution in [3.63, 3.8) is 0 Å². The molecule has 0 aliphatic carbocycles. The Balaban J connectivity index is 1.68. The summed E-state index contributed by atoms with van der Waals surface area (Å²) in [6, 6.07) is 2.43. The lowest BCUT2D eigenvalue weighted by Crippen LogP contribution is -2.32. The highest BCUT2D eigenvalue weighted by atomic mass is 16.2. The highest BCUT2D eigenvalue weighted by molar-refractivity contribution is 5.97. The van der Waals surface area contributed by atoms with E-state index in [4.69, 9.17) is 11.5 Å². The Hall–Kier alpha value is -4.55. The lowest BCUT2D eigenvalue weighted by molar-refractivity contribution is -0.118. The normalized spacial score (nSPS) is 10.6. The smallest absolute Gasteiger partial charge is 0.333 e. The summed E-state index contributed by atoms with van der Waals surface area (Å²) < 4.78 is 2.63. The van der Waals surface area contributed by atoms with Crippen molar-refractivity contribution < 1.29 is 19.2 Å². The first-order chi connectivity index (χ1) is 15.6. The van der Waals surface area contributed by atoms with E-state index >= 15 is 0 Å². The van der Waals surface area contributed by atoms with Gasteiger partial charge in [0.15, 0.2) is 5.82 Å². The molecule has 0 aliphatic heterocycles. The van der Waals surface area contributed by atoms with Crippen molar-refractivity contribution in [2.75, 3.05) is 43.2 Å². The molecular formula is C20H25N9O4. The minimum absolute atomic E-state index is 0.0149. The Labute approximate surface area is 189 Å². The number of carbonyl (C=O) groups excluding carboxylic acids is 4. The molecule has 0 fully saturated rings. The van der Waals surface area contributed by atoms with Crippen LogP contribution in [-0.2, 0) is 4.79 Å². The number of amides is 4. The fourth-order valence-electron chi connectivity index (χ4n) is 2.95. The van der Waals surface area contributed by atoms with Crippen molar-refractivity contribution in [2.45, 2.75) is 6.42 Å². The zero-order valence-electron chi connectivity index (χ0n) is 18.4. The highest BCUT2D eigenvalue weighted by Crippen LogP contribution is 2.18. The van der Waals surface area contributed by atoms with Crippen LogP contribution in [0.4, 0.5) is 26.8 Å². The van der Waals surface area contributed by atoms with Crippen molar-refractivity contribution in [2.24, 2.45) is 5.73 Å². The summed E-state index contributed by atoms with van der Waals surface area (Å²) in [5.41, 5.74) is 11.7. The molecule has 0 saturated carbocycles. The summed E-state index contributed by atoms with van der Waals surface area (Å²) in [7, 11) is 4.61. The number of nitrogens with two attached hydrogens (primary N) is 2. The predicted molar refractivity (Wildman–Crippen MR) is 121 cm³/mol. The minimum atomic E-state index is -0.518. The highest BCUT2D eigenvalue weighted by Gasteiger charge is 2.21. The zero-order valence-corrected chi connectivity index (χ0v) is 18.4. The molecule has 13 nitrogen and oxygen atoms in total. The number of aromatic amines is 1. The molecule has 0 aromatic carbocycles. The Bertz CT molecular complexity index is 1190. The van der Waals surface area contributed by atoms with Crippen LogP contribution in [0.25, 0.3) is 0 Å². The number of nitrogen functional groups attached to an aromatic ring is 1. The Morgan fingerprint density at radius 1 is 1.00 bits per heavy atom. The van der Waals surface area contributed by atoms with E-state index in [1.165, 1.54) is 62.7 Å². The van der Waals surface area contributed by atoms with E-state index in [1.54, 1.807) is 25.4 Å². The summed E-state index contributed by atoms with van der Waals surface area (Å²) in [4.78, 5) is 59.5. The minimum Gasteiger partial charge on any atom is -0.397 e. The summed E-state index contributed by atoms with van der Waals surface area (Å²) in [6.07, 6.45) is 7.44. The van der Waals surface area contributed by atoms with Gasteiger partial charge in [0.25, 0.3) is 5.91 Å². The van der Waals surface area contributed by atoms with Gasteiger partial charge in [0.1, 0.15) is 5.82 Å². The number of nitrogens with one attached hydrogen (secondary N) is 1. The molecule has 174 valence electrons. The van der Waals surface area contributed by atoms with Crippen LogP contribution in [0.2, 0.25) is 0 Å². The summed E-state index contributed by atoms with van der Waals surface area (Å²) in [5.74, 6) is -0.663. The number of H-pyrrole nitrogens is 1. The van der Waals surface area contributed by atoms with Crippen LogP contribution in [0.15, 0.2) is 43.1 Å². The third kappa shape index (κ3) is 5.03. The predicted octanol–water partition coefficient (Wildman–Crippen LogP) is 0.751. The fourth-order valence-corrected chi connectivity index (χ4v) is 2.95. The van der Waals surface area contributed by atoms with Crippen molar-refractivity contribution in [1.82, 2.24) is 24.0 Å². The molecule has 0 unspecified atom stereocenters. The number of nitrogens with zero attached hydrogens (tertiary/aromatic N) is 6. The van der Waals surface area contributed by atoms with E-state index < -0.39 is 17.8 Å². The average Bonchev–Trinajstić information content (AvgIpc) is 3.55. The van der Waals surface area contributed by atoms with E-state index in [9.17, 15) is 19.2 Å². The maximum atomic E-state index is 12.9. The van der Waals surface area contributed by atoms with Crippen molar-refractivity contribution in [3.8, 4) is 0 Å². The number of imidazole rings is 1. The molecule has 0 saturated heterocycles. The van der Waals surface area contributed by atoms with Crippen LogP contribution in [0.1, 0.15) is 17.0 Å². The van der Waals surface area contributed by atoms with Gasteiger partial charge >= 0.3 is 12.1 Å². The van der Waals surface area contributed by atoms with E-state index in [1.807, 2.05) is 0 Å². The van der Waals surface area contributed by atoms with Crippen LogP contribution in [-0.4, -0.2) is 75.6 Å². The molecule has 4 amide bonds. The maximum absolute atomic E-state index is 12.9. The van der Waals surface area contributed by atoms with Crippen LogP contribution >= 0.6 is 0 Å². The van der Waals surface area contributed by atoms with Gasteiger partial charge in [-0.15, -0.1) is 0 Å². The SMILES string of the molecule is CN(CCC(N)=O)C(=O)c1ncc(N(C)C(=O)n2ccc(N(C)C(=O)n3ccc(N)c3)c2)[nH]1. The standard InChI is InChI=1S/C20H25N9O4/c1-25(7-6-15(22)30)18(31)17-23-10-16(24-17)27(3)20(33)29-9-5-14(12-29)26(2)19(32)28-8-4-13(21)11-28/h4-5,8-12H,6-7,21H2,1-3H3,(H2,22,30)(H,23,24). The molecule has 13 heteroatoms. The quantitative estimate of drug-likeness (QED) is 0.495. The zero-order chi connectivity index (χ0) is 24.3. The molecule has 3 aromatic heterocycles. The lowest BCUT2D eigenvalue weighted by Gasteiger charge is -2.17. The molecule has 0 spiro atoms. The molecule has 0 radical (unpaired) electrons. The largest absolute Gasteiger partial charge is 0.397 e. The maximum Gasteiger partial charge on any atom is 0.333 e. The Morgan fingerprint density at radius 3 is 2.27 bits per heavy atom. The van der Waals surface area contributed by atoms with E-state index in [2.05, 4.69) is 9.97 Å². The summed E-state index contributed by atoms with van der Waals surface area (Å²) in [5, 5.41) is 0. The third-order valence-corrected chi connectivity index (χ3v) is 4.96. The monoisotopic (exact) mass is 455 g/mol. The number of rotatable bonds is 6. The Kier molecular flexibility index (Phi) is 6.51. The topological polar surface area (TPSA) is 169 Å². The van der Waals surface area contributed by atoms with Crippen LogP contribution in [0.5, 0.6) is 0 Å². The molecule has 3 heterocycles. The molecule has 5 N–H and O–H groups in total. The van der Waals surface area contributed by atoms with E-state index in [0.717, 1.165) is 0 Å². The lowest BCUT2D eigenvalue weighted by atomic mass is 10.3. The first-order valence-corrected chi connectivity index (χ1v) is 9.85. The van der Waals surface area contributed by atoms with Gasteiger partial charge in [-0.3, -0.25) is 28.5 Å². The first-order valence-electron chi connectivity index (χ1n) is 9.85. The second-order valence-electron chi connectivity index (χ2n) is 7.37. The summed E-state index contributed by atoms with van der Waals surface area (Å²) >= 11 is 0. The average molecular weight is 455 g/mol. The fraction of sp³-hybridized carbons (Fsp3) is 0.250. The Morgan fingerprint density at radius 2 is 1.64 bits per heavy atom. The second kappa shape index (κ2) is 9.30. The molecule has 3 aromatic rings. The van der Waals surface area contributed by atoms with Crippen molar-refractivity contribution in [1.29, 1.82) is 0 Å².